The third-order valence-electron chi connectivity index (χ3n) is 6.42. The number of hydrogen-bond acceptors (Lipinski definition) is 3. The number of benzene rings is 2. The maximum atomic E-state index is 13.8. The van der Waals surface area contributed by atoms with Gasteiger partial charge in [-0.1, -0.05) is 101 Å². The zero-order valence-corrected chi connectivity index (χ0v) is 22.5. The molecule has 0 aliphatic heterocycles. The molecule has 1 aliphatic carbocycles. The first-order chi connectivity index (χ1) is 15.9. The van der Waals surface area contributed by atoms with Crippen molar-refractivity contribution in [3.8, 4) is 0 Å². The molecule has 1 aliphatic rings. The summed E-state index contributed by atoms with van der Waals surface area (Å²) in [7, 11) is -13.2. The van der Waals surface area contributed by atoms with Crippen molar-refractivity contribution in [3.05, 3.63) is 60.7 Å². The maximum Gasteiger partial charge on any atom is 0.312 e. The molecule has 0 spiro atoms. The molecule has 1 saturated carbocycles. The van der Waals surface area contributed by atoms with Gasteiger partial charge in [0.05, 0.1) is 17.4 Å². The number of ether oxygens (including phenoxy) is 1. The normalized spacial score (nSPS) is 24.9. The van der Waals surface area contributed by atoms with E-state index in [4.69, 9.17) is 16.0 Å². The van der Waals surface area contributed by atoms with E-state index in [0.29, 0.717) is 0 Å². The Hall–Kier alpha value is -1.62. The van der Waals surface area contributed by atoms with Crippen molar-refractivity contribution in [3.63, 3.8) is 0 Å². The Labute approximate surface area is 208 Å². The van der Waals surface area contributed by atoms with Gasteiger partial charge in [0.15, 0.2) is 0 Å². The van der Waals surface area contributed by atoms with Crippen LogP contribution >= 0.6 is 21.8 Å². The van der Waals surface area contributed by atoms with Crippen LogP contribution in [0.5, 0.6) is 0 Å². The number of carbonyl (C=O) groups excluding carboxylic acids is 1. The lowest BCUT2D eigenvalue weighted by Gasteiger charge is -2.43. The molecule has 2 aromatic rings. The van der Waals surface area contributed by atoms with Gasteiger partial charge in [-0.05, 0) is 28.8 Å². The van der Waals surface area contributed by atoms with Gasteiger partial charge in [0.25, 0.3) is 18.5 Å². The van der Waals surface area contributed by atoms with Crippen molar-refractivity contribution < 1.29 is 33.4 Å². The van der Waals surface area contributed by atoms with Crippen LogP contribution < -0.4 is 10.4 Å². The molecule has 1 fully saturated rings. The molecule has 3 nitrogen and oxygen atoms in total. The Kier molecular flexibility index (Phi) is 6.76. The molecule has 0 unspecified atom stereocenters. The Balaban J connectivity index is 1.99. The molecule has 3 rings (SSSR count). The highest BCUT2D eigenvalue weighted by molar-refractivity contribution is 8.46. The summed E-state index contributed by atoms with van der Waals surface area (Å²) in [4.78, 5) is 9.64. The Bertz CT molecular complexity index is 1030. The summed E-state index contributed by atoms with van der Waals surface area (Å²) in [5.74, 6) is -3.55. The van der Waals surface area contributed by atoms with E-state index in [9.17, 15) is 24.2 Å². The van der Waals surface area contributed by atoms with Crippen LogP contribution in [0.25, 0.3) is 0 Å². The lowest BCUT2D eigenvalue weighted by molar-refractivity contribution is -0.144. The van der Waals surface area contributed by atoms with Crippen LogP contribution in [-0.4, -0.2) is 37.6 Å². The largest absolute Gasteiger partial charge is 0.466 e. The van der Waals surface area contributed by atoms with Gasteiger partial charge in [0.2, 0.25) is 0 Å². The summed E-state index contributed by atoms with van der Waals surface area (Å²) in [6.07, 6.45) is -0.585. The van der Waals surface area contributed by atoms with E-state index in [1.54, 1.807) is 0 Å². The van der Waals surface area contributed by atoms with E-state index in [1.165, 1.54) is 6.92 Å². The van der Waals surface area contributed by atoms with Crippen molar-refractivity contribution in [1.29, 1.82) is 0 Å². The van der Waals surface area contributed by atoms with Crippen LogP contribution in [0.15, 0.2) is 60.7 Å². The average molecular weight is 557 g/mol. The monoisotopic (exact) mass is 556 g/mol. The molecule has 0 radical (unpaired) electrons. The summed E-state index contributed by atoms with van der Waals surface area (Å²) in [6.45, 7) is 6.74. The van der Waals surface area contributed by atoms with Gasteiger partial charge < -0.3 is 9.16 Å². The number of alkyl halides is 1. The lowest BCUT2D eigenvalue weighted by Crippen LogP contribution is -2.66. The Morgan fingerprint density at radius 3 is 1.80 bits per heavy atom. The average Bonchev–Trinajstić information content (AvgIpc) is 3.38. The summed E-state index contributed by atoms with van der Waals surface area (Å²) in [5.41, 5.74) is 0. The van der Waals surface area contributed by atoms with Crippen LogP contribution in [0, 0.1) is 5.92 Å². The molecule has 0 bridgehead atoms. The third kappa shape index (κ3) is 5.40. The van der Waals surface area contributed by atoms with E-state index < -0.39 is 52.0 Å². The number of carbonyl (C=O) groups is 1. The molecule has 2 aromatic carbocycles. The molecule has 0 saturated heterocycles. The standard InChI is InChI=1S/C24H30ClF5O3SSi/c1-5-32-22(31)20-21(34(26,27,28,29)30)24(20,25)16-17-33-35(23(2,3)4,18-12-8-6-9-13-18)19-14-10-7-11-15-19/h6-15,20-21H,5,16-17H2,1-4H3/t20-,21+,24+/m0/s1. The Morgan fingerprint density at radius 1 is 0.971 bits per heavy atom. The van der Waals surface area contributed by atoms with Crippen molar-refractivity contribution in [2.24, 2.45) is 5.92 Å². The number of esters is 1. The zero-order chi connectivity index (χ0) is 26.4. The first kappa shape index (κ1) is 28.0. The van der Waals surface area contributed by atoms with E-state index in [0.717, 1.165) is 10.4 Å². The molecule has 11 heteroatoms. The van der Waals surface area contributed by atoms with Crippen molar-refractivity contribution in [1.82, 2.24) is 0 Å². The second kappa shape index (κ2) is 8.46. The second-order valence-electron chi connectivity index (χ2n) is 9.87. The van der Waals surface area contributed by atoms with Gasteiger partial charge in [0.1, 0.15) is 5.25 Å². The van der Waals surface area contributed by atoms with Gasteiger partial charge in [-0.25, -0.2) is 0 Å². The second-order valence-corrected chi connectivity index (χ2v) is 17.4. The number of rotatable bonds is 9. The number of halogens is 6. The third-order valence-corrected chi connectivity index (χ3v) is 13.9. The first-order valence-electron chi connectivity index (χ1n) is 11.2. The summed E-state index contributed by atoms with van der Waals surface area (Å²) >= 11 is 6.17. The van der Waals surface area contributed by atoms with Gasteiger partial charge in [-0.3, -0.25) is 4.79 Å². The van der Waals surface area contributed by atoms with Crippen molar-refractivity contribution >= 4 is 46.5 Å². The van der Waals surface area contributed by atoms with Crippen LogP contribution in [0.1, 0.15) is 34.1 Å². The molecule has 0 heterocycles. The van der Waals surface area contributed by atoms with E-state index in [2.05, 4.69) is 4.74 Å². The summed E-state index contributed by atoms with van der Waals surface area (Å²) < 4.78 is 80.2. The maximum absolute atomic E-state index is 13.8. The highest BCUT2D eigenvalue weighted by Gasteiger charge is 2.90. The van der Waals surface area contributed by atoms with Gasteiger partial charge in [-0.15, -0.1) is 11.6 Å². The quantitative estimate of drug-likeness (QED) is 0.148. The van der Waals surface area contributed by atoms with E-state index in [-0.39, 0.29) is 13.2 Å². The van der Waals surface area contributed by atoms with Gasteiger partial charge >= 0.3 is 5.97 Å². The highest BCUT2D eigenvalue weighted by Crippen LogP contribution is 3.06. The minimum absolute atomic E-state index is 0.242. The summed E-state index contributed by atoms with van der Waals surface area (Å²) in [6, 6.07) is 18.7. The smallest absolute Gasteiger partial charge is 0.312 e. The van der Waals surface area contributed by atoms with Gasteiger partial charge in [0, 0.05) is 6.61 Å². The fraction of sp³-hybridized carbons (Fsp3) is 0.458. The van der Waals surface area contributed by atoms with Crippen LogP contribution in [-0.2, 0) is 14.0 Å². The van der Waals surface area contributed by atoms with Crippen LogP contribution in [0.4, 0.5) is 19.4 Å². The molecule has 35 heavy (non-hydrogen) atoms. The molecule has 0 N–H and O–H groups in total. The molecule has 3 atom stereocenters. The van der Waals surface area contributed by atoms with Crippen molar-refractivity contribution in [2.45, 2.75) is 49.3 Å². The van der Waals surface area contributed by atoms with E-state index in [1.807, 2.05) is 81.4 Å². The highest BCUT2D eigenvalue weighted by atomic mass is 35.5. The van der Waals surface area contributed by atoms with Crippen molar-refractivity contribution in [2.75, 3.05) is 13.2 Å². The predicted octanol–water partition coefficient (Wildman–Crippen LogP) is 6.79. The minimum atomic E-state index is -10.1. The Morgan fingerprint density at radius 2 is 1.43 bits per heavy atom. The molecule has 0 aromatic heterocycles. The SMILES string of the molecule is CCOC(=O)[C@@H]1[C@@H](S(F)(F)(F)(F)F)[C@@]1(Cl)CCO[Si](c1ccccc1)(c1ccccc1)C(C)(C)C. The van der Waals surface area contributed by atoms with Gasteiger partial charge in [-0.2, -0.15) is 0 Å². The summed E-state index contributed by atoms with van der Waals surface area (Å²) in [5, 5.41) is -1.97. The zero-order valence-electron chi connectivity index (χ0n) is 20.0. The molecular formula is C24H30ClF5O3SSi. The van der Waals surface area contributed by atoms with Crippen LogP contribution in [0.2, 0.25) is 5.04 Å². The molecule has 0 amide bonds. The topological polar surface area (TPSA) is 35.5 Å². The molecular weight excluding hydrogens is 527 g/mol. The van der Waals surface area contributed by atoms with E-state index >= 15 is 0 Å². The molecule has 196 valence electrons. The fourth-order valence-electron chi connectivity index (χ4n) is 4.97. The predicted molar refractivity (Wildman–Crippen MR) is 134 cm³/mol. The number of hydrogen-bond donors (Lipinski definition) is 0. The first-order valence-corrected chi connectivity index (χ1v) is 15.5. The minimum Gasteiger partial charge on any atom is -0.466 e. The van der Waals surface area contributed by atoms with Crippen LogP contribution in [0.3, 0.4) is 0 Å². The lowest BCUT2D eigenvalue weighted by atomic mass is 10.2. The fourth-order valence-corrected chi connectivity index (χ4v) is 12.3.